The number of nitrogens with zero attached hydrogens (tertiary/aromatic N) is 4. The van der Waals surface area contributed by atoms with Crippen molar-refractivity contribution in [2.75, 3.05) is 39.2 Å². The maximum Gasteiger partial charge on any atom is 0.209 e. The zero-order chi connectivity index (χ0) is 12.3. The van der Waals surface area contributed by atoms with Crippen molar-refractivity contribution in [3.63, 3.8) is 0 Å². The molecule has 0 saturated carbocycles. The second-order valence-electron chi connectivity index (χ2n) is 3.28. The van der Waals surface area contributed by atoms with Gasteiger partial charge in [0, 0.05) is 26.0 Å². The maximum absolute atomic E-state index is 5.45. The Kier molecular flexibility index (Phi) is 7.89. The molecule has 1 aromatic heterocycles. The number of hydrogen-bond donors (Lipinski definition) is 1. The summed E-state index contributed by atoms with van der Waals surface area (Å²) in [5.74, 6) is 0.928. The van der Waals surface area contributed by atoms with Gasteiger partial charge < -0.3 is 15.2 Å². The second-order valence-corrected chi connectivity index (χ2v) is 4.34. The lowest BCUT2D eigenvalue weighted by Crippen LogP contribution is -2.12. The minimum Gasteiger partial charge on any atom is -0.382 e. The molecule has 1 rings (SSSR count). The second kappa shape index (κ2) is 9.34. The molecule has 8 heteroatoms. The topological polar surface area (TPSA) is 88.1 Å². The van der Waals surface area contributed by atoms with Gasteiger partial charge in [-0.2, -0.15) is 0 Å². The van der Waals surface area contributed by atoms with Crippen molar-refractivity contribution in [1.29, 1.82) is 0 Å². The molecule has 0 aromatic carbocycles. The van der Waals surface area contributed by atoms with E-state index >= 15 is 0 Å². The lowest BCUT2D eigenvalue weighted by Gasteiger charge is -2.03. The van der Waals surface area contributed by atoms with Crippen molar-refractivity contribution in [2.45, 2.75) is 18.1 Å². The summed E-state index contributed by atoms with van der Waals surface area (Å²) in [5, 5.41) is 12.2. The summed E-state index contributed by atoms with van der Waals surface area (Å²) < 4.78 is 12.0. The Hall–Kier alpha value is -0.700. The SMILES string of the molecule is COCCOCCCSc1nnnn1CCN. The Bertz CT molecular complexity index is 297. The number of aromatic nitrogens is 4. The molecule has 0 atom stereocenters. The van der Waals surface area contributed by atoms with Crippen LogP contribution in [0, 0.1) is 0 Å². The van der Waals surface area contributed by atoms with E-state index in [2.05, 4.69) is 15.5 Å². The fraction of sp³-hybridized carbons (Fsp3) is 0.889. The summed E-state index contributed by atoms with van der Waals surface area (Å²) in [5.41, 5.74) is 5.45. The molecule has 0 fully saturated rings. The first-order chi connectivity index (χ1) is 8.38. The predicted octanol–water partition coefficient (Wildman–Crippen LogP) is -0.223. The monoisotopic (exact) mass is 261 g/mol. The van der Waals surface area contributed by atoms with Gasteiger partial charge in [-0.3, -0.25) is 0 Å². The van der Waals surface area contributed by atoms with Gasteiger partial charge >= 0.3 is 0 Å². The van der Waals surface area contributed by atoms with Crippen molar-refractivity contribution >= 4 is 11.8 Å². The standard InChI is InChI=1S/C9H19N5O2S/c1-15-6-7-16-5-2-8-17-9-11-12-13-14(9)4-3-10/h2-8,10H2,1H3. The molecule has 0 radical (unpaired) electrons. The van der Waals surface area contributed by atoms with Crippen LogP contribution in [0.3, 0.4) is 0 Å². The highest BCUT2D eigenvalue weighted by Crippen LogP contribution is 2.14. The van der Waals surface area contributed by atoms with Gasteiger partial charge in [-0.05, 0) is 16.8 Å². The van der Waals surface area contributed by atoms with E-state index in [-0.39, 0.29) is 0 Å². The van der Waals surface area contributed by atoms with E-state index < -0.39 is 0 Å². The van der Waals surface area contributed by atoms with Gasteiger partial charge in [-0.15, -0.1) is 5.10 Å². The fourth-order valence-electron chi connectivity index (χ4n) is 1.13. The van der Waals surface area contributed by atoms with Crippen LogP contribution in [-0.4, -0.2) is 59.4 Å². The Morgan fingerprint density at radius 2 is 2.24 bits per heavy atom. The number of thioether (sulfide) groups is 1. The number of ether oxygens (including phenoxy) is 2. The number of methoxy groups -OCH3 is 1. The van der Waals surface area contributed by atoms with Gasteiger partial charge in [0.2, 0.25) is 5.16 Å². The molecule has 0 amide bonds. The van der Waals surface area contributed by atoms with Crippen molar-refractivity contribution in [3.8, 4) is 0 Å². The fourth-order valence-corrected chi connectivity index (χ4v) is 1.95. The average molecular weight is 261 g/mol. The molecule has 1 aromatic rings. The molecule has 0 unspecified atom stereocenters. The summed E-state index contributed by atoms with van der Waals surface area (Å²) in [6.07, 6.45) is 0.962. The molecular formula is C9H19N5O2S. The van der Waals surface area contributed by atoms with Crippen molar-refractivity contribution < 1.29 is 9.47 Å². The molecule has 0 aliphatic heterocycles. The lowest BCUT2D eigenvalue weighted by atomic mass is 10.5. The summed E-state index contributed by atoms with van der Waals surface area (Å²) >= 11 is 1.62. The average Bonchev–Trinajstić information content (AvgIpc) is 2.76. The molecule has 0 spiro atoms. The van der Waals surface area contributed by atoms with Crippen LogP contribution in [0.5, 0.6) is 0 Å². The third-order valence-electron chi connectivity index (χ3n) is 1.94. The molecule has 0 aliphatic carbocycles. The third kappa shape index (κ3) is 5.97. The van der Waals surface area contributed by atoms with Gasteiger partial charge in [-0.25, -0.2) is 4.68 Å². The smallest absolute Gasteiger partial charge is 0.209 e. The van der Waals surface area contributed by atoms with Gasteiger partial charge in [-0.1, -0.05) is 11.8 Å². The molecule has 1 heterocycles. The molecular weight excluding hydrogens is 242 g/mol. The summed E-state index contributed by atoms with van der Waals surface area (Å²) in [6, 6.07) is 0. The molecule has 98 valence electrons. The number of tetrazole rings is 1. The van der Waals surface area contributed by atoms with Crippen LogP contribution < -0.4 is 5.73 Å². The molecule has 0 aliphatic rings. The van der Waals surface area contributed by atoms with Crippen molar-refractivity contribution in [3.05, 3.63) is 0 Å². The minimum atomic E-state index is 0.540. The van der Waals surface area contributed by atoms with Crippen LogP contribution in [0.15, 0.2) is 5.16 Å². The quantitative estimate of drug-likeness (QED) is 0.460. The van der Waals surface area contributed by atoms with Crippen LogP contribution >= 0.6 is 11.8 Å². The largest absolute Gasteiger partial charge is 0.382 e. The Morgan fingerprint density at radius 1 is 1.35 bits per heavy atom. The first kappa shape index (κ1) is 14.4. The van der Waals surface area contributed by atoms with Crippen molar-refractivity contribution in [1.82, 2.24) is 20.2 Å². The van der Waals surface area contributed by atoms with E-state index in [0.29, 0.717) is 26.3 Å². The van der Waals surface area contributed by atoms with Gasteiger partial charge in [0.15, 0.2) is 0 Å². The van der Waals surface area contributed by atoms with Gasteiger partial charge in [0.05, 0.1) is 19.8 Å². The molecule has 17 heavy (non-hydrogen) atoms. The first-order valence-electron chi connectivity index (χ1n) is 5.54. The number of hydrogen-bond acceptors (Lipinski definition) is 7. The van der Waals surface area contributed by atoms with E-state index in [9.17, 15) is 0 Å². The number of rotatable bonds is 10. The van der Waals surface area contributed by atoms with E-state index in [1.807, 2.05) is 0 Å². The predicted molar refractivity (Wildman–Crippen MR) is 64.9 cm³/mol. The first-order valence-corrected chi connectivity index (χ1v) is 6.52. The van der Waals surface area contributed by atoms with Crippen molar-refractivity contribution in [2.24, 2.45) is 5.73 Å². The molecule has 2 N–H and O–H groups in total. The van der Waals surface area contributed by atoms with E-state index in [1.54, 1.807) is 23.6 Å². The zero-order valence-electron chi connectivity index (χ0n) is 10.0. The van der Waals surface area contributed by atoms with E-state index in [4.69, 9.17) is 15.2 Å². The van der Waals surface area contributed by atoms with Crippen LogP contribution in [0.1, 0.15) is 6.42 Å². The van der Waals surface area contributed by atoms with E-state index in [0.717, 1.165) is 23.9 Å². The Morgan fingerprint density at radius 3 is 3.00 bits per heavy atom. The normalized spacial score (nSPS) is 10.9. The number of nitrogens with two attached hydrogens (primary N) is 1. The molecule has 7 nitrogen and oxygen atoms in total. The van der Waals surface area contributed by atoms with Crippen LogP contribution in [0.25, 0.3) is 0 Å². The van der Waals surface area contributed by atoms with Gasteiger partial charge in [0.25, 0.3) is 0 Å². The lowest BCUT2D eigenvalue weighted by molar-refractivity contribution is 0.0713. The Balaban J connectivity index is 2.07. The maximum atomic E-state index is 5.45. The van der Waals surface area contributed by atoms with Crippen LogP contribution in [-0.2, 0) is 16.0 Å². The summed E-state index contributed by atoms with van der Waals surface area (Å²) in [7, 11) is 1.66. The van der Waals surface area contributed by atoms with E-state index in [1.165, 1.54) is 0 Å². The summed E-state index contributed by atoms with van der Waals surface area (Å²) in [4.78, 5) is 0. The highest BCUT2D eigenvalue weighted by molar-refractivity contribution is 7.99. The summed E-state index contributed by atoms with van der Waals surface area (Å²) in [6.45, 7) is 3.21. The Labute approximate surface area is 105 Å². The molecule has 0 bridgehead atoms. The third-order valence-corrected chi connectivity index (χ3v) is 2.98. The minimum absolute atomic E-state index is 0.540. The van der Waals surface area contributed by atoms with Crippen LogP contribution in [0.4, 0.5) is 0 Å². The van der Waals surface area contributed by atoms with Gasteiger partial charge in [0.1, 0.15) is 0 Å². The van der Waals surface area contributed by atoms with Crippen LogP contribution in [0.2, 0.25) is 0 Å². The molecule has 0 saturated heterocycles. The zero-order valence-corrected chi connectivity index (χ0v) is 10.9. The highest BCUT2D eigenvalue weighted by atomic mass is 32.2. The highest BCUT2D eigenvalue weighted by Gasteiger charge is 2.04.